The number of anilines is 2. The number of carboxylic acid groups (broad SMARTS) is 1. The highest BCUT2D eigenvalue weighted by Crippen LogP contribution is 2.33. The second kappa shape index (κ2) is 11.0. The number of hydrogen-bond acceptors (Lipinski definition) is 9. The van der Waals surface area contributed by atoms with Crippen molar-refractivity contribution in [3.05, 3.63) is 83.0 Å². The molecule has 2 aromatic carbocycles. The van der Waals surface area contributed by atoms with E-state index in [1.54, 1.807) is 18.5 Å². The van der Waals surface area contributed by atoms with E-state index in [-0.39, 0.29) is 36.3 Å². The third-order valence-corrected chi connectivity index (χ3v) is 7.20. The summed E-state index contributed by atoms with van der Waals surface area (Å²) < 4.78 is 0.372. The van der Waals surface area contributed by atoms with Crippen LogP contribution in [-0.2, 0) is 9.59 Å². The first-order valence-electron chi connectivity index (χ1n) is 11.6. The topological polar surface area (TPSA) is 151 Å². The molecule has 0 radical (unpaired) electrons. The van der Waals surface area contributed by atoms with Crippen molar-refractivity contribution in [3.8, 4) is 11.1 Å². The number of carbonyl (C=O) groups is 3. The number of rotatable bonds is 7. The van der Waals surface area contributed by atoms with Crippen LogP contribution in [0.1, 0.15) is 22.3 Å². The van der Waals surface area contributed by atoms with Gasteiger partial charge in [0.1, 0.15) is 9.84 Å². The molecule has 5 rings (SSSR count). The molecule has 4 N–H and O–H groups in total. The highest BCUT2D eigenvalue weighted by molar-refractivity contribution is 8.26. The van der Waals surface area contributed by atoms with Crippen molar-refractivity contribution in [2.75, 3.05) is 17.6 Å². The lowest BCUT2D eigenvalue weighted by atomic mass is 10.0. The van der Waals surface area contributed by atoms with E-state index in [4.69, 9.17) is 23.1 Å². The van der Waals surface area contributed by atoms with E-state index in [1.165, 1.54) is 40.9 Å². The summed E-state index contributed by atoms with van der Waals surface area (Å²) in [6.07, 6.45) is 5.09. The van der Waals surface area contributed by atoms with Gasteiger partial charge in [-0.05, 0) is 53.6 Å². The largest absolute Gasteiger partial charge is 0.478 e. The van der Waals surface area contributed by atoms with Crippen molar-refractivity contribution in [2.45, 2.75) is 6.42 Å². The Morgan fingerprint density at radius 2 is 1.85 bits per heavy atom. The number of nitrogens with one attached hydrogen (secondary N) is 1. The van der Waals surface area contributed by atoms with Gasteiger partial charge in [-0.3, -0.25) is 19.5 Å². The van der Waals surface area contributed by atoms with Crippen LogP contribution >= 0.6 is 24.0 Å². The van der Waals surface area contributed by atoms with E-state index >= 15 is 0 Å². The highest BCUT2D eigenvalue weighted by Gasteiger charge is 2.32. The molecule has 1 fully saturated rings. The number of aromatic nitrogens is 3. The van der Waals surface area contributed by atoms with Crippen molar-refractivity contribution >= 4 is 74.8 Å². The van der Waals surface area contributed by atoms with Crippen molar-refractivity contribution in [1.29, 1.82) is 0 Å². The number of nitrogens with two attached hydrogens (primary N) is 1. The highest BCUT2D eigenvalue weighted by atomic mass is 32.2. The maximum atomic E-state index is 13.1. The average Bonchev–Trinajstić information content (AvgIpc) is 3.19. The molecular weight excluding hydrogens is 536 g/mol. The Labute approximate surface area is 232 Å². The van der Waals surface area contributed by atoms with Gasteiger partial charge in [-0.1, -0.05) is 42.2 Å². The van der Waals surface area contributed by atoms with Gasteiger partial charge in [-0.15, -0.1) is 0 Å². The molecule has 2 aromatic heterocycles. The molecule has 0 unspecified atom stereocenters. The predicted molar refractivity (Wildman–Crippen MR) is 154 cm³/mol. The monoisotopic (exact) mass is 556 g/mol. The third-order valence-electron chi connectivity index (χ3n) is 5.82. The van der Waals surface area contributed by atoms with Gasteiger partial charge in [0.15, 0.2) is 0 Å². The van der Waals surface area contributed by atoms with Gasteiger partial charge in [0, 0.05) is 30.4 Å². The number of carboxylic acids is 1. The van der Waals surface area contributed by atoms with Crippen LogP contribution in [0.3, 0.4) is 0 Å². The smallest absolute Gasteiger partial charge is 0.335 e. The number of thiocarbonyl (C=S) groups is 1. The number of thioether (sulfide) groups is 1. The molecular formula is C27H20N6O4S2. The van der Waals surface area contributed by atoms with Crippen molar-refractivity contribution in [2.24, 2.45) is 0 Å². The van der Waals surface area contributed by atoms with E-state index in [1.807, 2.05) is 30.3 Å². The lowest BCUT2D eigenvalue weighted by molar-refractivity contribution is -0.122. The van der Waals surface area contributed by atoms with Gasteiger partial charge < -0.3 is 16.2 Å². The average molecular weight is 557 g/mol. The summed E-state index contributed by atoms with van der Waals surface area (Å²) in [5, 5.41) is 11.7. The Balaban J connectivity index is 1.25. The van der Waals surface area contributed by atoms with Crippen LogP contribution in [0.5, 0.6) is 0 Å². The fourth-order valence-corrected chi connectivity index (χ4v) is 5.18. The van der Waals surface area contributed by atoms with E-state index in [0.29, 0.717) is 25.9 Å². The normalized spacial score (nSPS) is 14.3. The van der Waals surface area contributed by atoms with Gasteiger partial charge in [0.2, 0.25) is 11.9 Å². The summed E-state index contributed by atoms with van der Waals surface area (Å²) in [4.78, 5) is 50.9. The van der Waals surface area contributed by atoms with E-state index in [0.717, 1.165) is 16.7 Å². The minimum atomic E-state index is -1.05. The molecule has 39 heavy (non-hydrogen) atoms. The molecule has 0 atom stereocenters. The molecule has 0 spiro atoms. The second-order valence-electron chi connectivity index (χ2n) is 8.50. The Hall–Kier alpha value is -4.68. The number of hydrogen-bond donors (Lipinski definition) is 3. The zero-order valence-corrected chi connectivity index (χ0v) is 21.8. The lowest BCUT2D eigenvalue weighted by Crippen LogP contribution is -2.31. The molecule has 1 aliphatic rings. The summed E-state index contributed by atoms with van der Waals surface area (Å²) in [6.45, 7) is 0.120. The molecule has 0 aliphatic carbocycles. The fourth-order valence-electron chi connectivity index (χ4n) is 3.88. The lowest BCUT2D eigenvalue weighted by Gasteiger charge is -2.14. The predicted octanol–water partition coefficient (Wildman–Crippen LogP) is 4.20. The zero-order valence-electron chi connectivity index (χ0n) is 20.2. The molecule has 4 aromatic rings. The van der Waals surface area contributed by atoms with Gasteiger partial charge in [-0.25, -0.2) is 14.8 Å². The first-order chi connectivity index (χ1) is 18.8. The maximum absolute atomic E-state index is 13.1. The minimum Gasteiger partial charge on any atom is -0.478 e. The number of nitrogen functional groups attached to an aromatic ring is 1. The molecule has 194 valence electrons. The molecule has 3 heterocycles. The summed E-state index contributed by atoms with van der Waals surface area (Å²) in [7, 11) is 0. The van der Waals surface area contributed by atoms with Crippen LogP contribution in [-0.4, -0.2) is 53.6 Å². The number of pyridine rings is 1. The molecule has 12 heteroatoms. The summed E-state index contributed by atoms with van der Waals surface area (Å²) in [5.74, 6) is -1.47. The second-order valence-corrected chi connectivity index (χ2v) is 10.2. The standard InChI is InChI=1S/C27H20N6O4S2/c28-26-30-14-21-20(32-26)12-18(13-29-21)17-3-1-2-15(10-17)11-22-24(35)33(27(38)39-22)9-8-23(34)31-19-6-4-16(5-7-19)25(36)37/h1-7,10-14H,8-9H2,(H,31,34)(H,36,37)(H2,28,30,32). The summed E-state index contributed by atoms with van der Waals surface area (Å²) >= 11 is 6.58. The van der Waals surface area contributed by atoms with Gasteiger partial charge >= 0.3 is 5.97 Å². The number of benzene rings is 2. The van der Waals surface area contributed by atoms with Crippen LogP contribution in [0.15, 0.2) is 71.9 Å². The fraction of sp³-hybridized carbons (Fsp3) is 0.0741. The molecule has 0 saturated carbocycles. The Kier molecular flexibility index (Phi) is 7.30. The third kappa shape index (κ3) is 5.92. The van der Waals surface area contributed by atoms with Crippen LogP contribution in [0.4, 0.5) is 11.6 Å². The maximum Gasteiger partial charge on any atom is 0.335 e. The SMILES string of the molecule is Nc1ncc2ncc(-c3cccc(C=C4SC(=S)N(CCC(=O)Nc5ccc(C(=O)O)cc5)C4=O)c3)cc2n1. The summed E-state index contributed by atoms with van der Waals surface area (Å²) in [6, 6.07) is 15.3. The zero-order chi connectivity index (χ0) is 27.5. The van der Waals surface area contributed by atoms with E-state index in [9.17, 15) is 14.4 Å². The van der Waals surface area contributed by atoms with Crippen molar-refractivity contribution in [3.63, 3.8) is 0 Å². The Morgan fingerprint density at radius 1 is 1.05 bits per heavy atom. The number of fused-ring (bicyclic) bond motifs is 1. The van der Waals surface area contributed by atoms with Crippen LogP contribution < -0.4 is 11.1 Å². The Morgan fingerprint density at radius 3 is 2.62 bits per heavy atom. The Bertz CT molecular complexity index is 1670. The summed E-state index contributed by atoms with van der Waals surface area (Å²) in [5.41, 5.74) is 10.1. The molecule has 1 saturated heterocycles. The number of nitrogens with zero attached hydrogens (tertiary/aromatic N) is 4. The van der Waals surface area contributed by atoms with Gasteiger partial charge in [0.05, 0.1) is 22.2 Å². The minimum absolute atomic E-state index is 0.0267. The number of amides is 2. The van der Waals surface area contributed by atoms with Crippen molar-refractivity contribution in [1.82, 2.24) is 19.9 Å². The molecule has 0 bridgehead atoms. The van der Waals surface area contributed by atoms with E-state index < -0.39 is 5.97 Å². The first-order valence-corrected chi connectivity index (χ1v) is 12.9. The quantitative estimate of drug-likeness (QED) is 0.223. The molecule has 10 nitrogen and oxygen atoms in total. The number of carbonyl (C=O) groups excluding carboxylic acids is 2. The van der Waals surface area contributed by atoms with Gasteiger partial charge in [-0.2, -0.15) is 0 Å². The van der Waals surface area contributed by atoms with Crippen molar-refractivity contribution < 1.29 is 19.5 Å². The number of aromatic carboxylic acids is 1. The van der Waals surface area contributed by atoms with Crippen LogP contribution in [0.25, 0.3) is 28.2 Å². The van der Waals surface area contributed by atoms with E-state index in [2.05, 4.69) is 20.3 Å². The molecule has 2 amide bonds. The van der Waals surface area contributed by atoms with Gasteiger partial charge in [0.25, 0.3) is 5.91 Å². The van der Waals surface area contributed by atoms with Crippen LogP contribution in [0, 0.1) is 0 Å². The molecule has 1 aliphatic heterocycles. The first kappa shape index (κ1) is 25.9. The van der Waals surface area contributed by atoms with Crippen LogP contribution in [0.2, 0.25) is 0 Å².